The molecule has 5 rings (SSSR count). The standard InChI is InChI=1S/C19H25FN2S/c1-17-7-13-8-18(2,10-17)12-19(9-13,11-17)22-16(23)21-15-5-3-4-14(20)6-15/h3-6,13H,7-12H2,1-2H3,(H2,21,22,23). The summed E-state index contributed by atoms with van der Waals surface area (Å²) in [4.78, 5) is 0. The van der Waals surface area contributed by atoms with Gasteiger partial charge in [-0.05, 0) is 85.7 Å². The summed E-state index contributed by atoms with van der Waals surface area (Å²) < 4.78 is 13.3. The number of anilines is 1. The fraction of sp³-hybridized carbons (Fsp3) is 0.632. The van der Waals surface area contributed by atoms with Gasteiger partial charge in [0.15, 0.2) is 5.11 Å². The molecule has 124 valence electrons. The van der Waals surface area contributed by atoms with Crippen LogP contribution < -0.4 is 10.6 Å². The number of thiocarbonyl (C=S) groups is 1. The van der Waals surface area contributed by atoms with Crippen LogP contribution in [-0.4, -0.2) is 10.7 Å². The van der Waals surface area contributed by atoms with Gasteiger partial charge < -0.3 is 10.6 Å². The van der Waals surface area contributed by atoms with E-state index in [1.165, 1.54) is 50.7 Å². The highest BCUT2D eigenvalue weighted by molar-refractivity contribution is 7.80. The van der Waals surface area contributed by atoms with E-state index in [2.05, 4.69) is 24.5 Å². The zero-order chi connectivity index (χ0) is 16.3. The molecule has 0 aromatic heterocycles. The third-order valence-corrected chi connectivity index (χ3v) is 6.29. The van der Waals surface area contributed by atoms with E-state index in [1.54, 1.807) is 6.07 Å². The zero-order valence-corrected chi connectivity index (χ0v) is 14.7. The summed E-state index contributed by atoms with van der Waals surface area (Å²) in [7, 11) is 0. The lowest BCUT2D eigenvalue weighted by Crippen LogP contribution is -2.65. The summed E-state index contributed by atoms with van der Waals surface area (Å²) in [6, 6.07) is 6.48. The van der Waals surface area contributed by atoms with Crippen LogP contribution in [0.3, 0.4) is 0 Å². The summed E-state index contributed by atoms with van der Waals surface area (Å²) in [5.41, 5.74) is 1.75. The molecule has 0 amide bonds. The number of rotatable bonds is 2. The molecule has 0 spiro atoms. The van der Waals surface area contributed by atoms with Crippen molar-refractivity contribution < 1.29 is 4.39 Å². The van der Waals surface area contributed by atoms with Gasteiger partial charge >= 0.3 is 0 Å². The van der Waals surface area contributed by atoms with E-state index in [1.807, 2.05) is 6.07 Å². The molecular formula is C19H25FN2S. The predicted molar refractivity (Wildman–Crippen MR) is 95.9 cm³/mol. The Morgan fingerprint density at radius 3 is 2.43 bits per heavy atom. The SMILES string of the molecule is CC12CC3CC(C)(C1)CC(NC(=S)Nc1cccc(F)c1)(C3)C2. The molecule has 4 aliphatic carbocycles. The number of benzene rings is 1. The molecule has 0 heterocycles. The van der Waals surface area contributed by atoms with Crippen molar-refractivity contribution in [2.24, 2.45) is 16.7 Å². The summed E-state index contributed by atoms with van der Waals surface area (Å²) in [5, 5.41) is 7.43. The smallest absolute Gasteiger partial charge is 0.171 e. The quantitative estimate of drug-likeness (QED) is 0.756. The molecule has 1 aromatic carbocycles. The fourth-order valence-electron chi connectivity index (χ4n) is 6.56. The van der Waals surface area contributed by atoms with E-state index < -0.39 is 0 Å². The van der Waals surface area contributed by atoms with Gasteiger partial charge in [-0.15, -0.1) is 0 Å². The highest BCUT2D eigenvalue weighted by Crippen LogP contribution is 2.66. The molecule has 0 radical (unpaired) electrons. The van der Waals surface area contributed by atoms with Crippen LogP contribution in [0, 0.1) is 22.6 Å². The van der Waals surface area contributed by atoms with E-state index in [0.29, 0.717) is 21.6 Å². The Kier molecular flexibility index (Phi) is 3.29. The molecule has 2 unspecified atom stereocenters. The Balaban J connectivity index is 1.51. The lowest BCUT2D eigenvalue weighted by Gasteiger charge is -2.65. The molecule has 2 nitrogen and oxygen atoms in total. The van der Waals surface area contributed by atoms with Crippen LogP contribution in [0.2, 0.25) is 0 Å². The fourth-order valence-corrected chi connectivity index (χ4v) is 6.89. The monoisotopic (exact) mass is 332 g/mol. The Morgan fingerprint density at radius 2 is 1.83 bits per heavy atom. The molecule has 1 aromatic rings. The molecule has 4 aliphatic rings. The number of nitrogens with one attached hydrogen (secondary N) is 2. The van der Waals surface area contributed by atoms with Gasteiger partial charge in [-0.2, -0.15) is 0 Å². The zero-order valence-electron chi connectivity index (χ0n) is 13.9. The molecule has 4 fully saturated rings. The second kappa shape index (κ2) is 4.92. The van der Waals surface area contributed by atoms with Crippen molar-refractivity contribution in [3.8, 4) is 0 Å². The molecule has 2 atom stereocenters. The van der Waals surface area contributed by atoms with E-state index >= 15 is 0 Å². The van der Waals surface area contributed by atoms with Gasteiger partial charge in [0.25, 0.3) is 0 Å². The minimum absolute atomic E-state index is 0.125. The van der Waals surface area contributed by atoms with Crippen molar-refractivity contribution in [1.29, 1.82) is 0 Å². The normalized spacial score (nSPS) is 40.9. The van der Waals surface area contributed by atoms with Crippen molar-refractivity contribution in [1.82, 2.24) is 5.32 Å². The maximum Gasteiger partial charge on any atom is 0.171 e. The van der Waals surface area contributed by atoms with Crippen LogP contribution in [0.25, 0.3) is 0 Å². The number of hydrogen-bond acceptors (Lipinski definition) is 1. The van der Waals surface area contributed by atoms with Crippen LogP contribution in [0.5, 0.6) is 0 Å². The van der Waals surface area contributed by atoms with E-state index in [4.69, 9.17) is 12.2 Å². The first kappa shape index (κ1) is 15.4. The second-order valence-corrected chi connectivity index (χ2v) is 9.41. The van der Waals surface area contributed by atoms with Gasteiger partial charge in [0, 0.05) is 11.2 Å². The summed E-state index contributed by atoms with van der Waals surface area (Å²) >= 11 is 5.54. The van der Waals surface area contributed by atoms with Gasteiger partial charge in [0.2, 0.25) is 0 Å². The molecule has 4 bridgehead atoms. The average Bonchev–Trinajstić information content (AvgIpc) is 2.32. The Morgan fingerprint density at radius 1 is 1.13 bits per heavy atom. The Bertz CT molecular complexity index is 641. The summed E-state index contributed by atoms with van der Waals surface area (Å²) in [6.45, 7) is 4.91. The summed E-state index contributed by atoms with van der Waals surface area (Å²) in [6.07, 6.45) is 7.73. The molecule has 4 saturated carbocycles. The topological polar surface area (TPSA) is 24.1 Å². The highest BCUT2D eigenvalue weighted by Gasteiger charge is 2.60. The number of halogens is 1. The maximum atomic E-state index is 13.3. The second-order valence-electron chi connectivity index (χ2n) is 9.00. The molecule has 0 aliphatic heterocycles. The largest absolute Gasteiger partial charge is 0.357 e. The van der Waals surface area contributed by atoms with Crippen LogP contribution in [-0.2, 0) is 0 Å². The highest BCUT2D eigenvalue weighted by atomic mass is 32.1. The van der Waals surface area contributed by atoms with E-state index in [9.17, 15) is 4.39 Å². The van der Waals surface area contributed by atoms with Gasteiger partial charge in [0.05, 0.1) is 0 Å². The first-order chi connectivity index (χ1) is 10.8. The van der Waals surface area contributed by atoms with Crippen LogP contribution >= 0.6 is 12.2 Å². The van der Waals surface area contributed by atoms with Crippen molar-refractivity contribution in [3.63, 3.8) is 0 Å². The summed E-state index contributed by atoms with van der Waals surface area (Å²) in [5.74, 6) is 0.582. The van der Waals surface area contributed by atoms with Gasteiger partial charge in [-0.25, -0.2) is 4.39 Å². The average molecular weight is 332 g/mol. The predicted octanol–water partition coefficient (Wildman–Crippen LogP) is 4.86. The molecule has 2 N–H and O–H groups in total. The molecule has 0 saturated heterocycles. The minimum atomic E-state index is -0.243. The van der Waals surface area contributed by atoms with Gasteiger partial charge in [0.1, 0.15) is 5.82 Å². The molecule has 4 heteroatoms. The molecule has 23 heavy (non-hydrogen) atoms. The third kappa shape index (κ3) is 2.86. The van der Waals surface area contributed by atoms with E-state index in [0.717, 1.165) is 5.92 Å². The Hall–Kier alpha value is -1.16. The van der Waals surface area contributed by atoms with Crippen molar-refractivity contribution in [2.75, 3.05) is 5.32 Å². The van der Waals surface area contributed by atoms with Crippen molar-refractivity contribution in [3.05, 3.63) is 30.1 Å². The third-order valence-electron chi connectivity index (χ3n) is 6.09. The van der Waals surface area contributed by atoms with Gasteiger partial charge in [-0.3, -0.25) is 0 Å². The first-order valence-corrected chi connectivity index (χ1v) is 9.03. The lowest BCUT2D eigenvalue weighted by molar-refractivity contribution is -0.111. The Labute approximate surface area is 143 Å². The van der Waals surface area contributed by atoms with Crippen molar-refractivity contribution >= 4 is 23.0 Å². The maximum absolute atomic E-state index is 13.3. The minimum Gasteiger partial charge on any atom is -0.357 e. The van der Waals surface area contributed by atoms with Crippen LogP contribution in [0.4, 0.5) is 10.1 Å². The van der Waals surface area contributed by atoms with Crippen LogP contribution in [0.15, 0.2) is 24.3 Å². The lowest BCUT2D eigenvalue weighted by atomic mass is 9.43. The van der Waals surface area contributed by atoms with Crippen molar-refractivity contribution in [2.45, 2.75) is 57.9 Å². The molecular weight excluding hydrogens is 307 g/mol. The first-order valence-electron chi connectivity index (χ1n) is 8.62. The number of hydrogen-bond donors (Lipinski definition) is 2. The van der Waals surface area contributed by atoms with Crippen LogP contribution in [0.1, 0.15) is 52.4 Å². The van der Waals surface area contributed by atoms with E-state index in [-0.39, 0.29) is 11.4 Å². The van der Waals surface area contributed by atoms with Gasteiger partial charge in [-0.1, -0.05) is 19.9 Å².